The van der Waals surface area contributed by atoms with Crippen molar-refractivity contribution in [3.8, 4) is 0 Å². The lowest BCUT2D eigenvalue weighted by atomic mass is 9.65. The lowest BCUT2D eigenvalue weighted by Crippen LogP contribution is -2.50. The Bertz CT molecular complexity index is 1160. The Labute approximate surface area is 211 Å². The van der Waals surface area contributed by atoms with Gasteiger partial charge in [0, 0.05) is 23.6 Å². The monoisotopic (exact) mass is 494 g/mol. The van der Waals surface area contributed by atoms with Gasteiger partial charge in [0.25, 0.3) is 5.91 Å². The zero-order chi connectivity index (χ0) is 26.7. The minimum atomic E-state index is -1.03. The topological polar surface area (TPSA) is 122 Å². The van der Waals surface area contributed by atoms with Crippen LogP contribution in [0.5, 0.6) is 0 Å². The van der Waals surface area contributed by atoms with Gasteiger partial charge in [0.05, 0.1) is 12.5 Å². The highest BCUT2D eigenvalue weighted by atomic mass is 16.5. The molecule has 8 nitrogen and oxygen atoms in total. The molecule has 0 spiro atoms. The Balaban J connectivity index is 1.69. The number of benzene rings is 2. The van der Waals surface area contributed by atoms with Gasteiger partial charge in [-0.3, -0.25) is 14.4 Å². The first-order chi connectivity index (χ1) is 16.9. The molecule has 0 saturated heterocycles. The normalized spacial score (nSPS) is 21.3. The largest absolute Gasteiger partial charge is 0.481 e. The molecule has 0 radical (unpaired) electrons. The highest BCUT2D eigenvalue weighted by molar-refractivity contribution is 6.05. The van der Waals surface area contributed by atoms with Crippen molar-refractivity contribution in [3.63, 3.8) is 0 Å². The molecule has 2 amide bonds. The fourth-order valence-electron chi connectivity index (χ4n) is 4.94. The number of rotatable bonds is 8. The fraction of sp³-hybridized carbons (Fsp3) is 0.429. The molecule has 0 aromatic heterocycles. The molecule has 0 aliphatic heterocycles. The Morgan fingerprint density at radius 1 is 1.06 bits per heavy atom. The van der Waals surface area contributed by atoms with Crippen molar-refractivity contribution in [1.82, 2.24) is 5.32 Å². The second kappa shape index (κ2) is 10.5. The van der Waals surface area contributed by atoms with Crippen molar-refractivity contribution >= 4 is 29.4 Å². The first-order valence-corrected chi connectivity index (χ1v) is 12.0. The number of carboxylic acids is 1. The number of esters is 1. The molecule has 1 saturated carbocycles. The third-order valence-corrected chi connectivity index (χ3v) is 7.86. The van der Waals surface area contributed by atoms with E-state index in [1.54, 1.807) is 57.2 Å². The summed E-state index contributed by atoms with van der Waals surface area (Å²) < 4.78 is 4.91. The van der Waals surface area contributed by atoms with Gasteiger partial charge in [0.15, 0.2) is 0 Å². The Morgan fingerprint density at radius 2 is 1.69 bits per heavy atom. The molecule has 36 heavy (non-hydrogen) atoms. The van der Waals surface area contributed by atoms with E-state index in [9.17, 15) is 24.3 Å². The minimum Gasteiger partial charge on any atom is -0.481 e. The van der Waals surface area contributed by atoms with Gasteiger partial charge >= 0.3 is 11.9 Å². The molecule has 0 bridgehead atoms. The van der Waals surface area contributed by atoms with Crippen LogP contribution in [0.3, 0.4) is 0 Å². The van der Waals surface area contributed by atoms with Gasteiger partial charge in [-0.05, 0) is 61.4 Å². The molecule has 3 rings (SSSR count). The third-order valence-electron chi connectivity index (χ3n) is 7.86. The summed E-state index contributed by atoms with van der Waals surface area (Å²) in [6.45, 7) is 7.11. The van der Waals surface area contributed by atoms with Gasteiger partial charge in [-0.2, -0.15) is 0 Å². The van der Waals surface area contributed by atoms with E-state index in [1.807, 2.05) is 19.1 Å². The Hall–Kier alpha value is -3.68. The van der Waals surface area contributed by atoms with Crippen LogP contribution in [-0.2, 0) is 25.5 Å². The van der Waals surface area contributed by atoms with Crippen molar-refractivity contribution in [1.29, 1.82) is 0 Å². The number of ether oxygens (including phenoxy) is 1. The summed E-state index contributed by atoms with van der Waals surface area (Å²) in [6, 6.07) is 13.4. The summed E-state index contributed by atoms with van der Waals surface area (Å²) in [5.74, 6) is -2.64. The maximum Gasteiger partial charge on any atom is 0.328 e. The maximum atomic E-state index is 13.2. The van der Waals surface area contributed by atoms with Gasteiger partial charge in [-0.25, -0.2) is 4.79 Å². The molecule has 0 heterocycles. The van der Waals surface area contributed by atoms with E-state index >= 15 is 0 Å². The van der Waals surface area contributed by atoms with E-state index in [0.717, 1.165) is 11.1 Å². The van der Waals surface area contributed by atoms with E-state index in [4.69, 9.17) is 4.74 Å². The number of carboxylic acid groups (broad SMARTS) is 1. The highest BCUT2D eigenvalue weighted by Crippen LogP contribution is 2.56. The molecule has 1 fully saturated rings. The summed E-state index contributed by atoms with van der Waals surface area (Å²) in [5.41, 5.74) is 1.00. The third kappa shape index (κ3) is 5.27. The van der Waals surface area contributed by atoms with Crippen LogP contribution in [0.4, 0.5) is 5.69 Å². The smallest absolute Gasteiger partial charge is 0.328 e. The van der Waals surface area contributed by atoms with Crippen LogP contribution in [0.2, 0.25) is 0 Å². The van der Waals surface area contributed by atoms with Crippen LogP contribution in [0, 0.1) is 23.7 Å². The predicted molar refractivity (Wildman–Crippen MR) is 135 cm³/mol. The molecule has 3 N–H and O–H groups in total. The predicted octanol–water partition coefficient (Wildman–Crippen LogP) is 3.97. The number of carbonyl (C=O) groups excluding carboxylic acids is 3. The second-order valence-electron chi connectivity index (χ2n) is 10.2. The van der Waals surface area contributed by atoms with Crippen LogP contribution < -0.4 is 10.6 Å². The molecular formula is C28H34N2O6. The number of anilines is 1. The van der Waals surface area contributed by atoms with Gasteiger partial charge < -0.3 is 20.5 Å². The summed E-state index contributed by atoms with van der Waals surface area (Å²) in [6.07, 6.45) is 0.991. The number of carbonyl (C=O) groups is 4. The quantitative estimate of drug-likeness (QED) is 0.477. The summed E-state index contributed by atoms with van der Waals surface area (Å²) in [5, 5.41) is 15.4. The average Bonchev–Trinajstić information content (AvgIpc) is 3.09. The van der Waals surface area contributed by atoms with Crippen LogP contribution in [-0.4, -0.2) is 42.0 Å². The van der Waals surface area contributed by atoms with E-state index in [-0.39, 0.29) is 18.2 Å². The van der Waals surface area contributed by atoms with Gasteiger partial charge in [-0.15, -0.1) is 0 Å². The molecular weight excluding hydrogens is 460 g/mol. The summed E-state index contributed by atoms with van der Waals surface area (Å²) in [7, 11) is 1.26. The zero-order valence-corrected chi connectivity index (χ0v) is 21.4. The van der Waals surface area contributed by atoms with Crippen molar-refractivity contribution < 1.29 is 29.0 Å². The van der Waals surface area contributed by atoms with E-state index in [2.05, 4.69) is 10.6 Å². The van der Waals surface area contributed by atoms with E-state index in [1.165, 1.54) is 7.11 Å². The number of nitrogens with one attached hydrogen (secondary N) is 2. The highest BCUT2D eigenvalue weighted by Gasteiger charge is 2.58. The van der Waals surface area contributed by atoms with Crippen molar-refractivity contribution in [2.24, 2.45) is 16.7 Å². The zero-order valence-electron chi connectivity index (χ0n) is 21.4. The molecule has 192 valence electrons. The van der Waals surface area contributed by atoms with Gasteiger partial charge in [0.2, 0.25) is 5.91 Å². The lowest BCUT2D eigenvalue weighted by Gasteiger charge is -2.38. The van der Waals surface area contributed by atoms with Crippen molar-refractivity contribution in [2.75, 3.05) is 12.4 Å². The number of amides is 2. The van der Waals surface area contributed by atoms with Crippen LogP contribution >= 0.6 is 0 Å². The number of hydrogen-bond acceptors (Lipinski definition) is 5. The molecule has 3 atom stereocenters. The standard InChI is InChI=1S/C28H34N2O6/c1-17-8-6-7-9-20(17)23(31)29-19-12-10-18(11-13-19)16-22(25(33)36-5)30-24(32)21-14-15-28(4,26(34)35)27(21,2)3/h6-13,21-22H,14-16H2,1-5H3,(H,29,31)(H,30,32)(H,34,35)/t21-,22+,28+/m1/s1. The first kappa shape index (κ1) is 26.9. The first-order valence-electron chi connectivity index (χ1n) is 12.0. The Morgan fingerprint density at radius 3 is 2.25 bits per heavy atom. The number of hydrogen-bond donors (Lipinski definition) is 3. The average molecular weight is 495 g/mol. The van der Waals surface area contributed by atoms with Crippen LogP contribution in [0.15, 0.2) is 48.5 Å². The number of aliphatic carboxylic acids is 1. The molecule has 2 aromatic rings. The molecule has 0 unspecified atom stereocenters. The maximum absolute atomic E-state index is 13.2. The molecule has 1 aliphatic carbocycles. The van der Waals surface area contributed by atoms with Crippen LogP contribution in [0.25, 0.3) is 0 Å². The molecule has 8 heteroatoms. The lowest BCUT2D eigenvalue weighted by molar-refractivity contribution is -0.156. The fourth-order valence-corrected chi connectivity index (χ4v) is 4.94. The van der Waals surface area contributed by atoms with Gasteiger partial charge in [-0.1, -0.05) is 44.2 Å². The summed E-state index contributed by atoms with van der Waals surface area (Å²) in [4.78, 5) is 50.1. The van der Waals surface area contributed by atoms with Gasteiger partial charge in [0.1, 0.15) is 6.04 Å². The molecule has 1 aliphatic rings. The SMILES string of the molecule is COC(=O)[C@H](Cc1ccc(NC(=O)c2ccccc2C)cc1)NC(=O)[C@H]1CC[C@@](C)(C(=O)O)C1(C)C. The van der Waals surface area contributed by atoms with Crippen molar-refractivity contribution in [2.45, 2.75) is 53.0 Å². The second-order valence-corrected chi connectivity index (χ2v) is 10.2. The number of methoxy groups -OCH3 is 1. The van der Waals surface area contributed by atoms with Crippen LogP contribution in [0.1, 0.15) is 55.1 Å². The van der Waals surface area contributed by atoms with E-state index in [0.29, 0.717) is 24.1 Å². The van der Waals surface area contributed by atoms with Crippen molar-refractivity contribution in [3.05, 3.63) is 65.2 Å². The van der Waals surface area contributed by atoms with E-state index < -0.39 is 34.7 Å². The summed E-state index contributed by atoms with van der Waals surface area (Å²) >= 11 is 0. The molecule has 2 aromatic carbocycles. The Kier molecular flexibility index (Phi) is 7.86. The number of aryl methyl sites for hydroxylation is 1. The minimum absolute atomic E-state index is 0.188.